The molecule has 222 valence electrons. The molecule has 43 heavy (non-hydrogen) atoms. The first kappa shape index (κ1) is 27.6. The van der Waals surface area contributed by atoms with Crippen molar-refractivity contribution in [3.05, 3.63) is 34.5 Å². The van der Waals surface area contributed by atoms with Gasteiger partial charge in [-0.3, -0.25) is 9.78 Å². The number of nitrogens with zero attached hydrogens (tertiary/aromatic N) is 5. The second-order valence-electron chi connectivity index (χ2n) is 11.6. The molecule has 14 heteroatoms. The summed E-state index contributed by atoms with van der Waals surface area (Å²) in [6, 6.07) is 1.42. The van der Waals surface area contributed by atoms with Crippen LogP contribution < -0.4 is 21.1 Å². The molecule has 2 fully saturated rings. The van der Waals surface area contributed by atoms with Gasteiger partial charge < -0.3 is 30.7 Å². The summed E-state index contributed by atoms with van der Waals surface area (Å²) in [7, 11) is 4.00. The molecule has 1 aromatic carbocycles. The molecule has 3 aromatic heterocycles. The number of nitrogens with two attached hydrogens (primary N) is 1. The van der Waals surface area contributed by atoms with Crippen LogP contribution in [0.2, 0.25) is 0 Å². The smallest absolute Gasteiger partial charge is 0.319 e. The van der Waals surface area contributed by atoms with E-state index in [9.17, 15) is 14.4 Å². The van der Waals surface area contributed by atoms with E-state index in [0.717, 1.165) is 36.9 Å². The van der Waals surface area contributed by atoms with Gasteiger partial charge in [-0.25, -0.2) is 8.78 Å². The first-order valence-electron chi connectivity index (χ1n) is 13.9. The lowest BCUT2D eigenvalue weighted by molar-refractivity contribution is -0.119. The number of rotatable bonds is 8. The minimum atomic E-state index is -0.742. The summed E-state index contributed by atoms with van der Waals surface area (Å²) in [5.74, 6) is -1.31. The zero-order chi connectivity index (χ0) is 30.0. The third-order valence-electron chi connectivity index (χ3n) is 8.30. The van der Waals surface area contributed by atoms with Gasteiger partial charge in [0.1, 0.15) is 28.4 Å². The number of ether oxygens (including phenoxy) is 2. The second kappa shape index (κ2) is 10.2. The fraction of sp³-hybridized carbons (Fsp3) is 0.414. The third kappa shape index (κ3) is 4.59. The van der Waals surface area contributed by atoms with Crippen LogP contribution in [0.25, 0.3) is 32.2 Å². The minimum absolute atomic E-state index is 0.0307. The van der Waals surface area contributed by atoms with Gasteiger partial charge in [0.15, 0.2) is 11.6 Å². The van der Waals surface area contributed by atoms with Crippen LogP contribution in [-0.4, -0.2) is 65.6 Å². The van der Waals surface area contributed by atoms with Crippen LogP contribution in [0, 0.1) is 28.4 Å². The van der Waals surface area contributed by atoms with E-state index in [1.54, 1.807) is 0 Å². The van der Waals surface area contributed by atoms with Crippen molar-refractivity contribution in [1.82, 2.24) is 25.2 Å². The quantitative estimate of drug-likeness (QED) is 0.271. The van der Waals surface area contributed by atoms with Crippen LogP contribution in [0.5, 0.6) is 6.01 Å². The Kier molecular flexibility index (Phi) is 6.57. The van der Waals surface area contributed by atoms with Crippen LogP contribution in [0.3, 0.4) is 0 Å². The predicted octanol–water partition coefficient (Wildman–Crippen LogP) is 3.69. The Morgan fingerprint density at radius 2 is 2.07 bits per heavy atom. The maximum atomic E-state index is 16.9. The molecule has 1 saturated carbocycles. The van der Waals surface area contributed by atoms with Crippen LogP contribution in [0.4, 0.5) is 19.6 Å². The Labute approximate surface area is 249 Å². The summed E-state index contributed by atoms with van der Waals surface area (Å²) in [5.41, 5.74) is 7.24. The number of nitrogen functional groups attached to an aromatic ring is 1. The lowest BCUT2D eigenvalue weighted by Gasteiger charge is -2.21. The van der Waals surface area contributed by atoms with Gasteiger partial charge in [0.05, 0.1) is 47.4 Å². The fourth-order valence-electron chi connectivity index (χ4n) is 6.13. The summed E-state index contributed by atoms with van der Waals surface area (Å²) in [6.45, 7) is 1.86. The average Bonchev–Trinajstić information content (AvgIpc) is 3.25. The van der Waals surface area contributed by atoms with Crippen molar-refractivity contribution in [2.75, 3.05) is 44.8 Å². The van der Waals surface area contributed by atoms with Crippen LogP contribution >= 0.6 is 11.3 Å². The van der Waals surface area contributed by atoms with E-state index in [1.165, 1.54) is 0 Å². The highest BCUT2D eigenvalue weighted by Crippen LogP contribution is 2.48. The molecule has 1 saturated heterocycles. The summed E-state index contributed by atoms with van der Waals surface area (Å²) >= 11 is 0.913. The normalized spacial score (nSPS) is 18.7. The van der Waals surface area contributed by atoms with E-state index in [4.69, 9.17) is 15.2 Å². The maximum Gasteiger partial charge on any atom is 0.319 e. The topological polar surface area (TPSA) is 151 Å². The molecular formula is C29H28F2N8O3S. The standard InChI is InChI=1S/C29H28F2N8O3S/c1-39(2)11-29(4-5-29)12-42-28-37-23-20(26(38-28)36-17-3-6-34-27(17)40)15-10-41-9-14(15)18(21(23)31)22-19-13(7-32)25(33)43-24(19)16(30)8-35-22/h8,17H,3-6,9-12,33H2,1-2H3,(H,34,40)(H,36,37,38)/t17-/m1/s1. The molecule has 0 bridgehead atoms. The third-order valence-corrected chi connectivity index (χ3v) is 9.32. The molecule has 1 aliphatic carbocycles. The summed E-state index contributed by atoms with van der Waals surface area (Å²) in [5, 5.41) is 16.5. The highest BCUT2D eigenvalue weighted by Gasteiger charge is 2.44. The molecule has 1 amide bonds. The number of hydrogen-bond donors (Lipinski definition) is 3. The number of fused-ring (bicyclic) bond motifs is 4. The number of amides is 1. The van der Waals surface area contributed by atoms with Gasteiger partial charge >= 0.3 is 6.01 Å². The van der Waals surface area contributed by atoms with Crippen LogP contribution in [-0.2, 0) is 22.7 Å². The average molecular weight is 607 g/mol. The fourth-order valence-corrected chi connectivity index (χ4v) is 7.05. The zero-order valence-electron chi connectivity index (χ0n) is 23.5. The van der Waals surface area contributed by atoms with Crippen molar-refractivity contribution in [2.24, 2.45) is 5.41 Å². The largest absolute Gasteiger partial charge is 0.463 e. The van der Waals surface area contributed by atoms with Gasteiger partial charge in [0.25, 0.3) is 0 Å². The Balaban J connectivity index is 1.44. The predicted molar refractivity (Wildman–Crippen MR) is 156 cm³/mol. The Hall–Kier alpha value is -4.19. The molecule has 4 aromatic rings. The zero-order valence-corrected chi connectivity index (χ0v) is 24.3. The van der Waals surface area contributed by atoms with Crippen molar-refractivity contribution in [2.45, 2.75) is 38.5 Å². The number of halogens is 2. The number of hydrogen-bond acceptors (Lipinski definition) is 11. The lowest BCUT2D eigenvalue weighted by atomic mass is 9.93. The van der Waals surface area contributed by atoms with Gasteiger partial charge in [-0.1, -0.05) is 0 Å². The van der Waals surface area contributed by atoms with Gasteiger partial charge in [-0.2, -0.15) is 15.2 Å². The number of pyridine rings is 1. The van der Waals surface area contributed by atoms with E-state index >= 15 is 4.39 Å². The monoisotopic (exact) mass is 606 g/mol. The number of benzene rings is 1. The molecule has 0 spiro atoms. The molecule has 3 aliphatic rings. The molecule has 0 radical (unpaired) electrons. The molecule has 1 atom stereocenters. The van der Waals surface area contributed by atoms with Crippen molar-refractivity contribution >= 4 is 49.1 Å². The van der Waals surface area contributed by atoms with Gasteiger partial charge in [-0.15, -0.1) is 11.3 Å². The minimum Gasteiger partial charge on any atom is -0.463 e. The number of thiophene rings is 1. The van der Waals surface area contributed by atoms with Crippen molar-refractivity contribution in [3.8, 4) is 23.3 Å². The number of aromatic nitrogens is 3. The Bertz CT molecular complexity index is 1870. The van der Waals surface area contributed by atoms with E-state index in [-0.39, 0.29) is 73.8 Å². The number of carbonyl (C=O) groups excluding carboxylic acids is 1. The van der Waals surface area contributed by atoms with E-state index in [1.807, 2.05) is 20.2 Å². The van der Waals surface area contributed by atoms with Crippen molar-refractivity contribution in [3.63, 3.8) is 0 Å². The van der Waals surface area contributed by atoms with E-state index in [2.05, 4.69) is 30.5 Å². The maximum absolute atomic E-state index is 16.9. The van der Waals surface area contributed by atoms with Crippen LogP contribution in [0.15, 0.2) is 6.20 Å². The molecule has 5 heterocycles. The van der Waals surface area contributed by atoms with Gasteiger partial charge in [0.2, 0.25) is 5.91 Å². The molecule has 0 unspecified atom stereocenters. The number of anilines is 2. The van der Waals surface area contributed by atoms with E-state index in [0.29, 0.717) is 36.1 Å². The number of carbonyl (C=O) groups is 1. The molecule has 11 nitrogen and oxygen atoms in total. The number of nitriles is 1. The van der Waals surface area contributed by atoms with Crippen molar-refractivity contribution < 1.29 is 23.0 Å². The van der Waals surface area contributed by atoms with Gasteiger partial charge in [0, 0.05) is 29.5 Å². The summed E-state index contributed by atoms with van der Waals surface area (Å²) in [4.78, 5) is 28.0. The lowest BCUT2D eigenvalue weighted by Crippen LogP contribution is -2.30. The highest BCUT2D eigenvalue weighted by molar-refractivity contribution is 7.23. The molecular weight excluding hydrogens is 578 g/mol. The molecule has 2 aliphatic heterocycles. The van der Waals surface area contributed by atoms with Crippen molar-refractivity contribution in [1.29, 1.82) is 5.26 Å². The SMILES string of the molecule is CN(C)CC1(COc2nc(N[C@@H]3CCNC3=O)c3c4c(c(-c5ncc(F)c6sc(N)c(C#N)c56)c(F)c3n2)COC4)CC1. The first-order valence-corrected chi connectivity index (χ1v) is 14.7. The van der Waals surface area contributed by atoms with Gasteiger partial charge in [-0.05, 0) is 44.5 Å². The molecule has 7 rings (SSSR count). The Morgan fingerprint density at radius 1 is 1.28 bits per heavy atom. The highest BCUT2D eigenvalue weighted by atomic mass is 32.1. The second-order valence-corrected chi connectivity index (χ2v) is 12.7. The summed E-state index contributed by atoms with van der Waals surface area (Å²) < 4.78 is 43.8. The summed E-state index contributed by atoms with van der Waals surface area (Å²) in [6.07, 6.45) is 3.51. The first-order chi connectivity index (χ1) is 20.7. The van der Waals surface area contributed by atoms with Crippen LogP contribution in [0.1, 0.15) is 36.0 Å². The number of nitrogens with one attached hydrogen (secondary N) is 2. The Morgan fingerprint density at radius 3 is 2.77 bits per heavy atom. The molecule has 4 N–H and O–H groups in total. The van der Waals surface area contributed by atoms with E-state index < -0.39 is 17.7 Å².